The predicted molar refractivity (Wildman–Crippen MR) is 305 cm³/mol. The first-order chi connectivity index (χ1) is 37.8. The van der Waals surface area contributed by atoms with E-state index >= 15 is 0 Å². The Bertz CT molecular complexity index is 2530. The summed E-state index contributed by atoms with van der Waals surface area (Å²) in [6.07, 6.45) is -1.08. The van der Waals surface area contributed by atoms with Crippen molar-refractivity contribution in [3.8, 4) is 0 Å². The minimum Gasteiger partial charge on any atom is -0.481 e. The third-order valence-corrected chi connectivity index (χ3v) is 14.5. The van der Waals surface area contributed by atoms with Crippen molar-refractivity contribution in [2.75, 3.05) is 0 Å². The number of aliphatic carboxylic acids is 3. The number of carbonyl (C=O) groups is 11. The van der Waals surface area contributed by atoms with Crippen molar-refractivity contribution in [1.82, 2.24) is 47.9 Å². The molecule has 14 N–H and O–H groups in total. The first-order valence-electron chi connectivity index (χ1n) is 26.6. The first kappa shape index (κ1) is 67.0. The van der Waals surface area contributed by atoms with Gasteiger partial charge in [0.1, 0.15) is 48.3 Å². The largest absolute Gasteiger partial charge is 0.481 e. The van der Waals surface area contributed by atoms with Crippen molar-refractivity contribution in [3.63, 3.8) is 0 Å². The molecule has 1 heterocycles. The summed E-state index contributed by atoms with van der Waals surface area (Å²) in [5, 5.41) is 52.9. The molecule has 2 aromatic rings. The van der Waals surface area contributed by atoms with Gasteiger partial charge in [-0.05, 0) is 58.6 Å². The molecule has 8 amide bonds. The molecule has 80 heavy (non-hydrogen) atoms. The lowest BCUT2D eigenvalue weighted by atomic mass is 9.98. The summed E-state index contributed by atoms with van der Waals surface area (Å²) in [5.74, 6) is -12.6. The Labute approximate surface area is 475 Å². The number of hydrogen-bond acceptors (Lipinski definition) is 13. The zero-order chi connectivity index (χ0) is 59.6. The zero-order valence-electron chi connectivity index (χ0n) is 46.2. The van der Waals surface area contributed by atoms with Crippen molar-refractivity contribution >= 4 is 90.0 Å². The van der Waals surface area contributed by atoms with Crippen LogP contribution >= 0.6 is 20.7 Å². The minimum absolute atomic E-state index is 0.114. The number of amides is 8. The van der Waals surface area contributed by atoms with Crippen LogP contribution in [0, 0.1) is 17.8 Å². The summed E-state index contributed by atoms with van der Waals surface area (Å²) in [4.78, 5) is 148. The number of carbonyl (C=O) groups excluding carboxylic acids is 8. The van der Waals surface area contributed by atoms with Gasteiger partial charge in [0.15, 0.2) is 0 Å². The van der Waals surface area contributed by atoms with Crippen LogP contribution in [0.3, 0.4) is 0 Å². The van der Waals surface area contributed by atoms with Crippen molar-refractivity contribution in [2.24, 2.45) is 23.5 Å². The molecule has 0 saturated heterocycles. The molecule has 24 nitrogen and oxygen atoms in total. The average molecular weight is 1230 g/mol. The molecule has 0 aromatic heterocycles. The lowest BCUT2D eigenvalue weighted by molar-refractivity contribution is -0.143. The summed E-state index contributed by atoms with van der Waals surface area (Å²) in [7, 11) is 0. The van der Waals surface area contributed by atoms with Gasteiger partial charge in [-0.25, -0.2) is 4.79 Å². The van der Waals surface area contributed by atoms with Gasteiger partial charge in [-0.3, -0.25) is 47.9 Å². The molecule has 0 saturated carbocycles. The quantitative estimate of drug-likeness (QED) is 0.0432. The number of nitrogens with two attached hydrogens (primary N) is 1. The summed E-state index contributed by atoms with van der Waals surface area (Å²) in [6.45, 7) is 11.9. The maximum atomic E-state index is 14.5. The summed E-state index contributed by atoms with van der Waals surface area (Å²) < 4.78 is 3.64. The molecule has 2 aromatic carbocycles. The van der Waals surface area contributed by atoms with Crippen LogP contribution < -0.4 is 53.6 Å². The van der Waals surface area contributed by atoms with Gasteiger partial charge in [-0.1, -0.05) is 143 Å². The fraction of sp³-hybridized carbons (Fsp3) is 0.527. The Hall–Kier alpha value is -7.29. The molecule has 3 rings (SSSR count). The summed E-state index contributed by atoms with van der Waals surface area (Å²) >= 11 is -0.556. The average Bonchev–Trinajstić information content (AvgIpc) is 3.91. The van der Waals surface area contributed by atoms with Crippen LogP contribution in [0.5, 0.6) is 0 Å². The van der Waals surface area contributed by atoms with Crippen molar-refractivity contribution in [3.05, 3.63) is 81.6 Å². The number of carboxylic acid groups (broad SMARTS) is 3. The lowest BCUT2D eigenvalue weighted by Crippen LogP contribution is -2.61. The maximum Gasteiger partial charge on any atom is 0.326 e. The number of unbranched alkanes of at least 4 members (excludes halogenated alkanes) is 1. The van der Waals surface area contributed by atoms with E-state index in [0.717, 1.165) is 5.56 Å². The number of rotatable bonds is 35. The van der Waals surface area contributed by atoms with E-state index in [4.69, 9.17) is 5.73 Å². The highest BCUT2D eigenvalue weighted by molar-refractivity contribution is 14.2. The maximum absolute atomic E-state index is 14.5. The van der Waals surface area contributed by atoms with Crippen molar-refractivity contribution in [2.45, 2.75) is 167 Å². The fourth-order valence-electron chi connectivity index (χ4n) is 8.28. The SMILES string of the molecule is CCCCC(NC(=O)C(CC1=CI=CN1)NC(=O)C(CCC(=O)O)NC(=O)C(Cc1ccccc1)NC(=O)C(CC(=O)O)NC(=O)C(NC(=O)C(CC(C)C)NC(=O)C(N)Cc1ccccc1)C(C)C)C(=O)NC(C(=O)O)C(C)C. The third-order valence-electron chi connectivity index (χ3n) is 12.7. The first-order valence-corrected chi connectivity index (χ1v) is 29.1. The van der Waals surface area contributed by atoms with E-state index in [-0.39, 0.29) is 38.0 Å². The Balaban J connectivity index is 1.92. The second kappa shape index (κ2) is 34.0. The molecule has 0 spiro atoms. The Kier molecular flexibility index (Phi) is 28.5. The molecule has 0 bridgehead atoms. The van der Waals surface area contributed by atoms with Gasteiger partial charge in [-0.2, -0.15) is 0 Å². The van der Waals surface area contributed by atoms with E-state index in [0.29, 0.717) is 24.1 Å². The van der Waals surface area contributed by atoms with Crippen molar-refractivity contribution in [1.29, 1.82) is 0 Å². The van der Waals surface area contributed by atoms with Crippen LogP contribution in [0.1, 0.15) is 111 Å². The lowest BCUT2D eigenvalue weighted by Gasteiger charge is -2.29. The zero-order valence-corrected chi connectivity index (χ0v) is 48.4. The molecule has 0 fully saturated rings. The highest BCUT2D eigenvalue weighted by Gasteiger charge is 2.37. The second-order valence-corrected chi connectivity index (χ2v) is 22.6. The summed E-state index contributed by atoms with van der Waals surface area (Å²) in [6, 6.07) is 4.60. The second-order valence-electron chi connectivity index (χ2n) is 20.7. The highest BCUT2D eigenvalue weighted by Crippen LogP contribution is 2.17. The molecule has 440 valence electrons. The molecule has 0 aliphatic carbocycles. The van der Waals surface area contributed by atoms with E-state index < -0.39 is 171 Å². The van der Waals surface area contributed by atoms with Gasteiger partial charge in [0.25, 0.3) is 0 Å². The molecule has 9 unspecified atom stereocenters. The molecule has 0 radical (unpaired) electrons. The van der Waals surface area contributed by atoms with Crippen molar-refractivity contribution < 1.29 is 68.1 Å². The topological polar surface area (TPSA) is 383 Å². The van der Waals surface area contributed by atoms with Crippen LogP contribution in [0.4, 0.5) is 0 Å². The van der Waals surface area contributed by atoms with Crippen LogP contribution in [0.25, 0.3) is 0 Å². The number of nitrogens with one attached hydrogen (secondary N) is 9. The number of hydrogen-bond donors (Lipinski definition) is 13. The van der Waals surface area contributed by atoms with E-state index in [2.05, 4.69) is 47.9 Å². The molecule has 9 atom stereocenters. The van der Waals surface area contributed by atoms with Gasteiger partial charge >= 0.3 is 17.9 Å². The van der Waals surface area contributed by atoms with Crippen LogP contribution in [-0.4, -0.2) is 139 Å². The smallest absolute Gasteiger partial charge is 0.326 e. The molecule has 1 aliphatic heterocycles. The van der Waals surface area contributed by atoms with E-state index in [1.54, 1.807) is 86.4 Å². The Morgan fingerprint density at radius 2 is 0.963 bits per heavy atom. The summed E-state index contributed by atoms with van der Waals surface area (Å²) in [5.41, 5.74) is 8.04. The molecule has 25 heteroatoms. The van der Waals surface area contributed by atoms with E-state index in [9.17, 15) is 68.1 Å². The number of carboxylic acids is 3. The van der Waals surface area contributed by atoms with Gasteiger partial charge in [0, 0.05) is 29.1 Å². The van der Waals surface area contributed by atoms with E-state index in [1.165, 1.54) is 0 Å². The molecule has 1 aliphatic rings. The van der Waals surface area contributed by atoms with Crippen LogP contribution in [0.2, 0.25) is 0 Å². The predicted octanol–water partition coefficient (Wildman–Crippen LogP) is 1.21. The fourth-order valence-corrected chi connectivity index (χ4v) is 9.91. The van der Waals surface area contributed by atoms with Gasteiger partial charge < -0.3 is 68.9 Å². The van der Waals surface area contributed by atoms with Crippen LogP contribution in [-0.2, 0) is 65.6 Å². The number of benzene rings is 2. The molecular weight excluding hydrogens is 1150 g/mol. The molecular formula is C55H79IN10O14. The Morgan fingerprint density at radius 1 is 0.512 bits per heavy atom. The monoisotopic (exact) mass is 1230 g/mol. The van der Waals surface area contributed by atoms with Gasteiger partial charge in [0.2, 0.25) is 47.3 Å². The highest BCUT2D eigenvalue weighted by atomic mass is 127. The van der Waals surface area contributed by atoms with E-state index in [1.807, 2.05) is 30.9 Å². The third kappa shape index (κ3) is 23.6. The normalized spacial score (nSPS) is 15.3. The van der Waals surface area contributed by atoms with Crippen LogP contribution in [0.15, 0.2) is 70.4 Å². The standard InChI is InChI=1S/C55H79IN10O14/c1-8-9-20-37(49(73)66-46(32(6)7)55(79)80)59-51(75)41(26-35-28-56-29-58-35)63-48(72)38(21-22-43(67)68)60-50(74)40(25-34-18-14-11-15-19-34)62-52(76)42(27-44(69)70)64-54(78)45(31(4)5)65-53(77)39(23-30(2)3)61-47(71)36(57)24-33-16-12-10-13-17-33/h10-19,28-32,36-42,45-46,58H,8-9,20-27,57H2,1-7H3,(H,59,75)(H,60,74)(H,61,71)(H,62,76)(H,63,72)(H,64,78)(H,65,77)(H,66,73)(H,67,68)(H,69,70)(H,79,80). The number of halogens is 1. The Morgan fingerprint density at radius 3 is 1.45 bits per heavy atom. The van der Waals surface area contributed by atoms with Gasteiger partial charge in [-0.15, -0.1) is 0 Å². The minimum atomic E-state index is -1.86. The van der Waals surface area contributed by atoms with Gasteiger partial charge in [0.05, 0.1) is 12.5 Å².